The minimum absolute atomic E-state index is 0.303. The quantitative estimate of drug-likeness (QED) is 0.803. The van der Waals surface area contributed by atoms with Crippen molar-refractivity contribution in [2.45, 2.75) is 24.2 Å². The molecule has 1 heterocycles. The van der Waals surface area contributed by atoms with Crippen LogP contribution < -0.4 is 4.72 Å². The molecule has 0 radical (unpaired) electrons. The normalized spacial score (nSPS) is 13.9. The zero-order valence-electron chi connectivity index (χ0n) is 12.4. The number of anilines is 1. The molecule has 5 nitrogen and oxygen atoms in total. The zero-order valence-corrected chi connectivity index (χ0v) is 13.2. The Morgan fingerprint density at radius 1 is 0.870 bits per heavy atom. The van der Waals surface area contributed by atoms with Gasteiger partial charge in [0.2, 0.25) is 0 Å². The van der Waals surface area contributed by atoms with Crippen molar-refractivity contribution in [2.75, 3.05) is 4.72 Å². The molecule has 23 heavy (non-hydrogen) atoms. The van der Waals surface area contributed by atoms with Crippen LogP contribution in [0.1, 0.15) is 17.5 Å². The number of hydrogen-bond donors (Lipinski definition) is 1. The van der Waals surface area contributed by atoms with E-state index in [1.165, 1.54) is 5.56 Å². The molecule has 0 spiro atoms. The molecule has 1 aromatic heterocycles. The molecule has 1 N–H and O–H groups in total. The Labute approximate surface area is 134 Å². The minimum atomic E-state index is -3.60. The van der Waals surface area contributed by atoms with Gasteiger partial charge in [0.1, 0.15) is 0 Å². The minimum Gasteiger partial charge on any atom is -0.280 e. The fourth-order valence-corrected chi connectivity index (χ4v) is 4.06. The van der Waals surface area contributed by atoms with Crippen LogP contribution in [0, 0.1) is 0 Å². The maximum atomic E-state index is 12.6. The Morgan fingerprint density at radius 3 is 2.52 bits per heavy atom. The number of benzene rings is 2. The van der Waals surface area contributed by atoms with Crippen molar-refractivity contribution in [1.82, 2.24) is 9.97 Å². The predicted molar refractivity (Wildman–Crippen MR) is 88.8 cm³/mol. The molecule has 3 aromatic rings. The van der Waals surface area contributed by atoms with E-state index in [0.29, 0.717) is 16.1 Å². The highest BCUT2D eigenvalue weighted by Crippen LogP contribution is 2.26. The van der Waals surface area contributed by atoms with Crippen LogP contribution in [-0.4, -0.2) is 18.4 Å². The maximum Gasteiger partial charge on any atom is 0.261 e. The molecule has 0 unspecified atom stereocenters. The first-order valence-corrected chi connectivity index (χ1v) is 8.95. The van der Waals surface area contributed by atoms with Crippen LogP contribution >= 0.6 is 0 Å². The molecule has 0 atom stereocenters. The van der Waals surface area contributed by atoms with Crippen LogP contribution in [-0.2, 0) is 22.9 Å². The molecule has 116 valence electrons. The molecule has 1 aliphatic rings. The Bertz CT molecular complexity index is 1000. The van der Waals surface area contributed by atoms with Crippen LogP contribution in [0.3, 0.4) is 0 Å². The van der Waals surface area contributed by atoms with Crippen molar-refractivity contribution >= 4 is 26.7 Å². The van der Waals surface area contributed by atoms with E-state index >= 15 is 0 Å². The Balaban J connectivity index is 1.68. The largest absolute Gasteiger partial charge is 0.280 e. The van der Waals surface area contributed by atoms with E-state index in [-0.39, 0.29) is 0 Å². The second-order valence-corrected chi connectivity index (χ2v) is 7.33. The van der Waals surface area contributed by atoms with Crippen molar-refractivity contribution in [3.63, 3.8) is 0 Å². The smallest absolute Gasteiger partial charge is 0.261 e. The van der Waals surface area contributed by atoms with Gasteiger partial charge in [-0.2, -0.15) is 0 Å². The van der Waals surface area contributed by atoms with Gasteiger partial charge in [-0.3, -0.25) is 14.7 Å². The lowest BCUT2D eigenvalue weighted by Crippen LogP contribution is -2.13. The fraction of sp³-hybridized carbons (Fsp3) is 0.176. The zero-order chi connectivity index (χ0) is 15.9. The second kappa shape index (κ2) is 5.31. The average molecular weight is 325 g/mol. The third-order valence-corrected chi connectivity index (χ3v) is 5.48. The van der Waals surface area contributed by atoms with Crippen molar-refractivity contribution in [3.05, 3.63) is 59.9 Å². The number of fused-ring (bicyclic) bond motifs is 2. The highest BCUT2D eigenvalue weighted by molar-refractivity contribution is 7.92. The van der Waals surface area contributed by atoms with Crippen LogP contribution in [0.4, 0.5) is 5.69 Å². The number of sulfonamides is 1. The summed E-state index contributed by atoms with van der Waals surface area (Å²) in [5, 5.41) is 0. The Morgan fingerprint density at radius 2 is 1.65 bits per heavy atom. The molecule has 4 rings (SSSR count). The van der Waals surface area contributed by atoms with Crippen molar-refractivity contribution in [1.29, 1.82) is 0 Å². The number of hydrogen-bond acceptors (Lipinski definition) is 4. The summed E-state index contributed by atoms with van der Waals surface area (Å²) in [6, 6.07) is 10.5. The van der Waals surface area contributed by atoms with Crippen LogP contribution in [0.25, 0.3) is 11.0 Å². The van der Waals surface area contributed by atoms with Gasteiger partial charge in [-0.15, -0.1) is 0 Å². The lowest BCUT2D eigenvalue weighted by Gasteiger charge is -2.10. The van der Waals surface area contributed by atoms with Crippen molar-refractivity contribution in [3.8, 4) is 0 Å². The van der Waals surface area contributed by atoms with E-state index in [2.05, 4.69) is 14.7 Å². The molecular formula is C17H15N3O2S. The highest BCUT2D eigenvalue weighted by atomic mass is 32.2. The van der Waals surface area contributed by atoms with Gasteiger partial charge in [-0.25, -0.2) is 8.42 Å². The van der Waals surface area contributed by atoms with Gasteiger partial charge in [0.15, 0.2) is 0 Å². The molecule has 0 saturated heterocycles. The summed E-state index contributed by atoms with van der Waals surface area (Å²) in [6.45, 7) is 0. The van der Waals surface area contributed by atoms with Crippen molar-refractivity contribution in [2.24, 2.45) is 0 Å². The molecule has 1 aliphatic carbocycles. The van der Waals surface area contributed by atoms with Gasteiger partial charge in [-0.05, 0) is 60.7 Å². The third-order valence-electron chi connectivity index (χ3n) is 4.10. The second-order valence-electron chi connectivity index (χ2n) is 5.65. The van der Waals surface area contributed by atoms with Gasteiger partial charge in [0.05, 0.1) is 21.6 Å². The first kappa shape index (κ1) is 14.1. The van der Waals surface area contributed by atoms with E-state index in [1.807, 2.05) is 6.07 Å². The summed E-state index contributed by atoms with van der Waals surface area (Å²) in [4.78, 5) is 8.67. The summed E-state index contributed by atoms with van der Waals surface area (Å²) in [5.41, 5.74) is 4.26. The van der Waals surface area contributed by atoms with E-state index in [1.54, 1.807) is 42.7 Å². The van der Waals surface area contributed by atoms with Gasteiger partial charge in [-0.1, -0.05) is 6.07 Å². The monoisotopic (exact) mass is 325 g/mol. The Kier molecular flexibility index (Phi) is 3.27. The molecule has 0 bridgehead atoms. The van der Waals surface area contributed by atoms with Crippen molar-refractivity contribution < 1.29 is 8.42 Å². The average Bonchev–Trinajstić information content (AvgIpc) is 3.02. The SMILES string of the molecule is O=S(=O)(Nc1ccc2nccnc2c1)c1ccc2c(c1)CCC2. The van der Waals surface area contributed by atoms with Crippen LogP contribution in [0.2, 0.25) is 0 Å². The first-order valence-electron chi connectivity index (χ1n) is 7.47. The van der Waals surface area contributed by atoms with Crippen LogP contribution in [0.5, 0.6) is 0 Å². The van der Waals surface area contributed by atoms with Gasteiger partial charge < -0.3 is 0 Å². The van der Waals surface area contributed by atoms with Gasteiger partial charge in [0.25, 0.3) is 10.0 Å². The lowest BCUT2D eigenvalue weighted by molar-refractivity contribution is 0.601. The lowest BCUT2D eigenvalue weighted by atomic mass is 10.1. The number of rotatable bonds is 3. The van der Waals surface area contributed by atoms with E-state index in [4.69, 9.17) is 0 Å². The highest BCUT2D eigenvalue weighted by Gasteiger charge is 2.18. The molecular weight excluding hydrogens is 310 g/mol. The molecule has 6 heteroatoms. The standard InChI is InChI=1S/C17H15N3O2S/c21-23(22,15-6-4-12-2-1-3-13(12)10-15)20-14-5-7-16-17(11-14)19-9-8-18-16/h4-11,20H,1-3H2. The summed E-state index contributed by atoms with van der Waals surface area (Å²) >= 11 is 0. The number of nitrogens with one attached hydrogen (secondary N) is 1. The molecule has 0 fully saturated rings. The number of aromatic nitrogens is 2. The molecule has 0 amide bonds. The van der Waals surface area contributed by atoms with E-state index < -0.39 is 10.0 Å². The predicted octanol–water partition coefficient (Wildman–Crippen LogP) is 2.92. The molecule has 0 aliphatic heterocycles. The number of aryl methyl sites for hydroxylation is 2. The fourth-order valence-electron chi connectivity index (χ4n) is 2.96. The summed E-state index contributed by atoms with van der Waals surface area (Å²) in [5.74, 6) is 0. The topological polar surface area (TPSA) is 72.0 Å². The molecule has 2 aromatic carbocycles. The Hall–Kier alpha value is -2.47. The van der Waals surface area contributed by atoms with E-state index in [0.717, 1.165) is 30.3 Å². The van der Waals surface area contributed by atoms with Gasteiger partial charge >= 0.3 is 0 Å². The third kappa shape index (κ3) is 2.66. The summed E-state index contributed by atoms with van der Waals surface area (Å²) in [6.07, 6.45) is 6.27. The summed E-state index contributed by atoms with van der Waals surface area (Å²) < 4.78 is 27.8. The van der Waals surface area contributed by atoms with E-state index in [9.17, 15) is 8.42 Å². The molecule has 0 saturated carbocycles. The van der Waals surface area contributed by atoms with Gasteiger partial charge in [0, 0.05) is 12.4 Å². The maximum absolute atomic E-state index is 12.6. The number of nitrogens with zero attached hydrogens (tertiary/aromatic N) is 2. The first-order chi connectivity index (χ1) is 11.1. The summed E-state index contributed by atoms with van der Waals surface area (Å²) in [7, 11) is -3.60. The van der Waals surface area contributed by atoms with Crippen LogP contribution in [0.15, 0.2) is 53.7 Å².